The van der Waals surface area contributed by atoms with Crippen LogP contribution in [-0.2, 0) is 20.9 Å². The van der Waals surface area contributed by atoms with Gasteiger partial charge in [0, 0.05) is 43.5 Å². The van der Waals surface area contributed by atoms with Crippen molar-refractivity contribution < 1.29 is 14.3 Å². The molecule has 0 aromatic heterocycles. The molecule has 1 unspecified atom stereocenters. The maximum Gasteiger partial charge on any atom is 0.313 e. The van der Waals surface area contributed by atoms with Gasteiger partial charge in [-0.1, -0.05) is 31.0 Å². The van der Waals surface area contributed by atoms with Gasteiger partial charge in [0.1, 0.15) is 0 Å². The molecule has 0 radical (unpaired) electrons. The van der Waals surface area contributed by atoms with E-state index in [4.69, 9.17) is 4.74 Å². The van der Waals surface area contributed by atoms with Gasteiger partial charge in [-0.2, -0.15) is 0 Å². The summed E-state index contributed by atoms with van der Waals surface area (Å²) in [5.41, 5.74) is 1.46. The first-order valence-corrected chi connectivity index (χ1v) is 9.10. The van der Waals surface area contributed by atoms with E-state index in [9.17, 15) is 9.59 Å². The lowest BCUT2D eigenvalue weighted by molar-refractivity contribution is -0.136. The van der Waals surface area contributed by atoms with Crippen molar-refractivity contribution >= 4 is 17.5 Å². The number of likely N-dealkylation sites (tertiary alicyclic amines) is 1. The predicted octanol–water partition coefficient (Wildman–Crippen LogP) is 1.90. The van der Waals surface area contributed by atoms with Crippen molar-refractivity contribution in [1.82, 2.24) is 10.2 Å². The van der Waals surface area contributed by atoms with E-state index in [0.717, 1.165) is 25.1 Å². The molecule has 1 heterocycles. The minimum absolute atomic E-state index is 0.0630. The van der Waals surface area contributed by atoms with Gasteiger partial charge in [0.2, 0.25) is 0 Å². The number of hydrogen-bond donors (Lipinski definition) is 2. The number of para-hydroxylation sites is 1. The first kappa shape index (κ1) is 17.9. The molecular formula is C19H27N3O3. The van der Waals surface area contributed by atoms with Crippen molar-refractivity contribution in [2.75, 3.05) is 25.5 Å². The number of carbonyl (C=O) groups excluding carboxylic acids is 2. The fourth-order valence-corrected chi connectivity index (χ4v) is 3.86. The van der Waals surface area contributed by atoms with Gasteiger partial charge in [0.05, 0.1) is 6.61 Å². The van der Waals surface area contributed by atoms with Crippen LogP contribution in [0.15, 0.2) is 24.3 Å². The molecule has 2 fully saturated rings. The smallest absolute Gasteiger partial charge is 0.313 e. The molecule has 0 spiro atoms. The highest BCUT2D eigenvalue weighted by molar-refractivity contribution is 6.39. The molecule has 6 heteroatoms. The number of amides is 2. The third-order valence-corrected chi connectivity index (χ3v) is 5.17. The van der Waals surface area contributed by atoms with E-state index in [0.29, 0.717) is 18.3 Å². The van der Waals surface area contributed by atoms with E-state index in [1.807, 2.05) is 18.2 Å². The second kappa shape index (κ2) is 8.45. The van der Waals surface area contributed by atoms with Crippen LogP contribution in [-0.4, -0.2) is 49.0 Å². The van der Waals surface area contributed by atoms with Crippen LogP contribution in [0.2, 0.25) is 0 Å². The van der Waals surface area contributed by atoms with Gasteiger partial charge in [-0.25, -0.2) is 0 Å². The van der Waals surface area contributed by atoms with Crippen molar-refractivity contribution in [1.29, 1.82) is 0 Å². The summed E-state index contributed by atoms with van der Waals surface area (Å²) in [6.45, 7) is 2.24. The Morgan fingerprint density at radius 2 is 1.92 bits per heavy atom. The molecule has 6 nitrogen and oxygen atoms in total. The number of nitrogens with one attached hydrogen (secondary N) is 2. The molecule has 2 amide bonds. The molecule has 1 saturated carbocycles. The topological polar surface area (TPSA) is 70.7 Å². The SMILES string of the molecule is COCc1ccccc1NC(=O)C(=O)NC1CCN(C2CCCC2)C1. The Morgan fingerprint density at radius 3 is 2.68 bits per heavy atom. The van der Waals surface area contributed by atoms with Gasteiger partial charge < -0.3 is 15.4 Å². The standard InChI is InChI=1S/C19H27N3O3/c1-25-13-14-6-2-5-9-17(14)21-19(24)18(23)20-15-10-11-22(12-15)16-7-3-4-8-16/h2,5-6,9,15-16H,3-4,7-8,10-13H2,1H3,(H,20,23)(H,21,24). The highest BCUT2D eigenvalue weighted by Crippen LogP contribution is 2.26. The summed E-state index contributed by atoms with van der Waals surface area (Å²) >= 11 is 0. The van der Waals surface area contributed by atoms with Crippen molar-refractivity contribution in [3.63, 3.8) is 0 Å². The van der Waals surface area contributed by atoms with E-state index in [1.165, 1.54) is 25.7 Å². The summed E-state index contributed by atoms with van der Waals surface area (Å²) in [5.74, 6) is -1.19. The summed E-state index contributed by atoms with van der Waals surface area (Å²) in [4.78, 5) is 26.9. The molecule has 3 rings (SSSR count). The maximum atomic E-state index is 12.2. The van der Waals surface area contributed by atoms with Crippen LogP contribution in [0.3, 0.4) is 0 Å². The van der Waals surface area contributed by atoms with Crippen LogP contribution in [0.1, 0.15) is 37.7 Å². The minimum atomic E-state index is -0.622. The fourth-order valence-electron chi connectivity index (χ4n) is 3.86. The Balaban J connectivity index is 1.51. The summed E-state index contributed by atoms with van der Waals surface area (Å²) in [6, 6.07) is 8.07. The average Bonchev–Trinajstić information content (AvgIpc) is 3.28. The molecule has 0 bridgehead atoms. The molecular weight excluding hydrogens is 318 g/mol. The minimum Gasteiger partial charge on any atom is -0.380 e. The monoisotopic (exact) mass is 345 g/mol. The van der Waals surface area contributed by atoms with E-state index in [-0.39, 0.29) is 6.04 Å². The van der Waals surface area contributed by atoms with Crippen LogP contribution >= 0.6 is 0 Å². The van der Waals surface area contributed by atoms with Gasteiger partial charge in [-0.15, -0.1) is 0 Å². The van der Waals surface area contributed by atoms with Gasteiger partial charge in [0.15, 0.2) is 0 Å². The van der Waals surface area contributed by atoms with Crippen LogP contribution < -0.4 is 10.6 Å². The Bertz CT molecular complexity index is 614. The molecule has 136 valence electrons. The summed E-state index contributed by atoms with van der Waals surface area (Å²) in [7, 11) is 1.60. The molecule has 1 aliphatic heterocycles. The Labute approximate surface area is 148 Å². The normalized spacial score (nSPS) is 21.4. The molecule has 1 saturated heterocycles. The lowest BCUT2D eigenvalue weighted by atomic mass is 10.2. The summed E-state index contributed by atoms with van der Waals surface area (Å²) in [5, 5.41) is 5.57. The van der Waals surface area contributed by atoms with Gasteiger partial charge in [-0.3, -0.25) is 14.5 Å². The molecule has 1 aromatic rings. The molecule has 2 N–H and O–H groups in total. The first-order valence-electron chi connectivity index (χ1n) is 9.10. The van der Waals surface area contributed by atoms with Crippen molar-refractivity contribution in [2.24, 2.45) is 0 Å². The van der Waals surface area contributed by atoms with Gasteiger partial charge in [0.25, 0.3) is 0 Å². The molecule has 1 aliphatic carbocycles. The molecule has 1 aromatic carbocycles. The number of methoxy groups -OCH3 is 1. The number of benzene rings is 1. The molecule has 1 atom stereocenters. The zero-order valence-electron chi connectivity index (χ0n) is 14.8. The largest absolute Gasteiger partial charge is 0.380 e. The second-order valence-corrected chi connectivity index (χ2v) is 6.94. The van der Waals surface area contributed by atoms with Crippen LogP contribution in [0.4, 0.5) is 5.69 Å². The van der Waals surface area contributed by atoms with E-state index < -0.39 is 11.8 Å². The Hall–Kier alpha value is -1.92. The highest BCUT2D eigenvalue weighted by Gasteiger charge is 2.31. The van der Waals surface area contributed by atoms with Gasteiger partial charge >= 0.3 is 11.8 Å². The zero-order valence-corrected chi connectivity index (χ0v) is 14.8. The number of hydrogen-bond acceptors (Lipinski definition) is 4. The van der Waals surface area contributed by atoms with Crippen molar-refractivity contribution in [2.45, 2.75) is 50.8 Å². The van der Waals surface area contributed by atoms with Gasteiger partial charge in [-0.05, 0) is 25.3 Å². The third kappa shape index (κ3) is 4.58. The molecule has 25 heavy (non-hydrogen) atoms. The van der Waals surface area contributed by atoms with E-state index >= 15 is 0 Å². The van der Waals surface area contributed by atoms with E-state index in [1.54, 1.807) is 13.2 Å². The average molecular weight is 345 g/mol. The maximum absolute atomic E-state index is 12.2. The van der Waals surface area contributed by atoms with Crippen LogP contribution in [0.5, 0.6) is 0 Å². The number of rotatable bonds is 5. The van der Waals surface area contributed by atoms with Crippen LogP contribution in [0, 0.1) is 0 Å². The van der Waals surface area contributed by atoms with Crippen molar-refractivity contribution in [3.05, 3.63) is 29.8 Å². The number of carbonyl (C=O) groups is 2. The van der Waals surface area contributed by atoms with Crippen molar-refractivity contribution in [3.8, 4) is 0 Å². The predicted molar refractivity (Wildman–Crippen MR) is 96.2 cm³/mol. The molecule has 2 aliphatic rings. The fraction of sp³-hybridized carbons (Fsp3) is 0.579. The van der Waals surface area contributed by atoms with Crippen LogP contribution in [0.25, 0.3) is 0 Å². The Kier molecular flexibility index (Phi) is 6.04. The quantitative estimate of drug-likeness (QED) is 0.800. The van der Waals surface area contributed by atoms with E-state index in [2.05, 4.69) is 15.5 Å². The summed E-state index contributed by atoms with van der Waals surface area (Å²) < 4.78 is 5.12. The highest BCUT2D eigenvalue weighted by atomic mass is 16.5. The number of anilines is 1. The second-order valence-electron chi connectivity index (χ2n) is 6.94. The first-order chi connectivity index (χ1) is 12.2. The lowest BCUT2D eigenvalue weighted by Crippen LogP contribution is -2.44. The zero-order chi connectivity index (χ0) is 17.6. The lowest BCUT2D eigenvalue weighted by Gasteiger charge is -2.23. The summed E-state index contributed by atoms with van der Waals surface area (Å²) in [6.07, 6.45) is 6.05. The Morgan fingerprint density at radius 1 is 1.16 bits per heavy atom. The third-order valence-electron chi connectivity index (χ3n) is 5.17. The number of ether oxygens (including phenoxy) is 1. The number of nitrogens with zero attached hydrogens (tertiary/aromatic N) is 1.